The molecule has 0 amide bonds. The maximum atomic E-state index is 12.6. The summed E-state index contributed by atoms with van der Waals surface area (Å²) in [6.45, 7) is 2.60. The normalized spacial score (nSPS) is 11.1. The van der Waals surface area contributed by atoms with Gasteiger partial charge in [-0.15, -0.1) is 6.42 Å². The Balaban J connectivity index is 2.92. The minimum atomic E-state index is -2.91. The smallest absolute Gasteiger partial charge is 0.387 e. The number of hydrogen-bond acceptors (Lipinski definition) is 3. The molecule has 132 valence electrons. The van der Waals surface area contributed by atoms with Gasteiger partial charge in [-0.2, -0.15) is 8.78 Å². The van der Waals surface area contributed by atoms with Gasteiger partial charge in [-0.3, -0.25) is 0 Å². The quantitative estimate of drug-likeness (QED) is 0.413. The van der Waals surface area contributed by atoms with E-state index in [1.165, 1.54) is 6.07 Å². The van der Waals surface area contributed by atoms with Gasteiger partial charge in [-0.25, -0.2) is 4.99 Å². The lowest BCUT2D eigenvalue weighted by atomic mass is 10.2. The molecule has 1 aromatic rings. The number of benzene rings is 1. The summed E-state index contributed by atoms with van der Waals surface area (Å²) >= 11 is 0. The van der Waals surface area contributed by atoms with Crippen molar-refractivity contribution in [3.63, 3.8) is 0 Å². The first-order valence-electron chi connectivity index (χ1n) is 7.76. The van der Waals surface area contributed by atoms with E-state index in [0.717, 1.165) is 6.42 Å². The molecule has 0 heterocycles. The van der Waals surface area contributed by atoms with Crippen molar-refractivity contribution >= 4 is 5.96 Å². The van der Waals surface area contributed by atoms with Crippen molar-refractivity contribution in [3.8, 4) is 23.8 Å². The molecule has 1 aromatic carbocycles. The molecule has 0 saturated heterocycles. The van der Waals surface area contributed by atoms with E-state index in [2.05, 4.69) is 26.3 Å². The van der Waals surface area contributed by atoms with E-state index in [1.807, 2.05) is 13.8 Å². The fraction of sp³-hybridized carbons (Fsp3) is 0.471. The second-order valence-corrected chi connectivity index (χ2v) is 4.75. The lowest BCUT2D eigenvalue weighted by molar-refractivity contribution is -0.0505. The lowest BCUT2D eigenvalue weighted by Gasteiger charge is -2.13. The van der Waals surface area contributed by atoms with Crippen LogP contribution < -0.4 is 20.1 Å². The third kappa shape index (κ3) is 7.18. The molecule has 7 heteroatoms. The van der Waals surface area contributed by atoms with Gasteiger partial charge < -0.3 is 20.1 Å². The maximum absolute atomic E-state index is 12.6. The van der Waals surface area contributed by atoms with E-state index in [1.54, 1.807) is 12.1 Å². The van der Waals surface area contributed by atoms with Crippen LogP contribution in [0.15, 0.2) is 23.2 Å². The molecule has 0 atom stereocenters. The maximum Gasteiger partial charge on any atom is 0.387 e. The van der Waals surface area contributed by atoms with Crippen LogP contribution in [0.25, 0.3) is 0 Å². The summed E-state index contributed by atoms with van der Waals surface area (Å²) in [6.07, 6.45) is 6.03. The molecule has 0 radical (unpaired) electrons. The molecule has 0 fully saturated rings. The van der Waals surface area contributed by atoms with Gasteiger partial charge in [0.2, 0.25) is 0 Å². The van der Waals surface area contributed by atoms with Crippen molar-refractivity contribution in [2.45, 2.75) is 33.4 Å². The van der Waals surface area contributed by atoms with Crippen LogP contribution in [0.4, 0.5) is 8.78 Å². The molecule has 0 aromatic heterocycles. The number of terminal acetylenes is 1. The van der Waals surface area contributed by atoms with Gasteiger partial charge in [0.1, 0.15) is 11.5 Å². The monoisotopic (exact) mass is 339 g/mol. The van der Waals surface area contributed by atoms with E-state index in [4.69, 9.17) is 11.2 Å². The Morgan fingerprint density at radius 3 is 2.75 bits per heavy atom. The average Bonchev–Trinajstić information content (AvgIpc) is 2.56. The average molecular weight is 339 g/mol. The van der Waals surface area contributed by atoms with Crippen LogP contribution in [0, 0.1) is 12.3 Å². The van der Waals surface area contributed by atoms with Gasteiger partial charge in [0.05, 0.1) is 19.7 Å². The summed E-state index contributed by atoms with van der Waals surface area (Å²) in [5, 5.41) is 5.95. The summed E-state index contributed by atoms with van der Waals surface area (Å²) in [4.78, 5) is 4.31. The van der Waals surface area contributed by atoms with Crippen LogP contribution >= 0.6 is 0 Å². The summed E-state index contributed by atoms with van der Waals surface area (Å²) in [7, 11) is 0. The van der Waals surface area contributed by atoms with Crippen molar-refractivity contribution in [3.05, 3.63) is 23.8 Å². The van der Waals surface area contributed by atoms with Gasteiger partial charge in [0.15, 0.2) is 5.96 Å². The SMILES string of the molecule is C#CCNC(=NCc1ccc(OCCC)cc1OC(F)F)NCC. The number of ether oxygens (including phenoxy) is 2. The van der Waals surface area contributed by atoms with E-state index in [0.29, 0.717) is 37.0 Å². The summed E-state index contributed by atoms with van der Waals surface area (Å²) in [5.74, 6) is 3.49. The lowest BCUT2D eigenvalue weighted by Crippen LogP contribution is -2.37. The Morgan fingerprint density at radius 2 is 2.12 bits per heavy atom. The van der Waals surface area contributed by atoms with Crippen molar-refractivity contribution in [2.24, 2.45) is 4.99 Å². The summed E-state index contributed by atoms with van der Waals surface area (Å²) in [6, 6.07) is 4.83. The predicted molar refractivity (Wildman–Crippen MR) is 90.5 cm³/mol. The van der Waals surface area contributed by atoms with Gasteiger partial charge in [0, 0.05) is 18.2 Å². The third-order valence-electron chi connectivity index (χ3n) is 2.84. The Morgan fingerprint density at radius 1 is 1.33 bits per heavy atom. The van der Waals surface area contributed by atoms with Crippen LogP contribution in [0.2, 0.25) is 0 Å². The van der Waals surface area contributed by atoms with Crippen LogP contribution in [0.5, 0.6) is 11.5 Å². The molecule has 0 unspecified atom stereocenters. The topological polar surface area (TPSA) is 54.9 Å². The molecule has 2 N–H and O–H groups in total. The molecule has 24 heavy (non-hydrogen) atoms. The van der Waals surface area contributed by atoms with Crippen molar-refractivity contribution in [1.82, 2.24) is 10.6 Å². The molecule has 0 spiro atoms. The molecule has 0 saturated carbocycles. The summed E-state index contributed by atoms with van der Waals surface area (Å²) < 4.78 is 35.3. The number of halogens is 2. The van der Waals surface area contributed by atoms with Crippen LogP contribution in [0.1, 0.15) is 25.8 Å². The van der Waals surface area contributed by atoms with E-state index >= 15 is 0 Å². The van der Waals surface area contributed by atoms with Crippen molar-refractivity contribution in [1.29, 1.82) is 0 Å². The fourth-order valence-corrected chi connectivity index (χ4v) is 1.82. The summed E-state index contributed by atoms with van der Waals surface area (Å²) in [5.41, 5.74) is 0.525. The fourth-order valence-electron chi connectivity index (χ4n) is 1.82. The van der Waals surface area contributed by atoms with E-state index in [9.17, 15) is 8.78 Å². The Labute approximate surface area is 141 Å². The number of nitrogens with one attached hydrogen (secondary N) is 2. The second kappa shape index (κ2) is 11.1. The van der Waals surface area contributed by atoms with Gasteiger partial charge in [-0.05, 0) is 25.5 Å². The molecule has 0 aliphatic rings. The van der Waals surface area contributed by atoms with Gasteiger partial charge >= 0.3 is 6.61 Å². The molecule has 0 aliphatic heterocycles. The number of rotatable bonds is 9. The largest absolute Gasteiger partial charge is 0.493 e. The zero-order valence-corrected chi connectivity index (χ0v) is 13.9. The molecular formula is C17H23F2N3O2. The predicted octanol–water partition coefficient (Wildman–Crippen LogP) is 2.77. The zero-order valence-electron chi connectivity index (χ0n) is 13.9. The van der Waals surface area contributed by atoms with Crippen molar-refractivity contribution < 1.29 is 18.3 Å². The highest BCUT2D eigenvalue weighted by atomic mass is 19.3. The van der Waals surface area contributed by atoms with Gasteiger partial charge in [0.25, 0.3) is 0 Å². The minimum absolute atomic E-state index is 0.0511. The number of hydrogen-bond donors (Lipinski definition) is 2. The number of guanidine groups is 1. The molecule has 0 bridgehead atoms. The number of aliphatic imine (C=N–C) groups is 1. The Bertz CT molecular complexity index is 571. The second-order valence-electron chi connectivity index (χ2n) is 4.75. The van der Waals surface area contributed by atoms with E-state index in [-0.39, 0.29) is 12.3 Å². The van der Waals surface area contributed by atoms with Crippen LogP contribution in [-0.2, 0) is 6.54 Å². The van der Waals surface area contributed by atoms with E-state index < -0.39 is 6.61 Å². The number of alkyl halides is 2. The first kappa shape index (κ1) is 19.6. The Hall–Kier alpha value is -2.49. The van der Waals surface area contributed by atoms with Crippen LogP contribution in [-0.4, -0.2) is 32.3 Å². The Kier molecular flexibility index (Phi) is 9.05. The third-order valence-corrected chi connectivity index (χ3v) is 2.84. The van der Waals surface area contributed by atoms with Gasteiger partial charge in [-0.1, -0.05) is 12.8 Å². The first-order chi connectivity index (χ1) is 11.6. The minimum Gasteiger partial charge on any atom is -0.493 e. The highest BCUT2D eigenvalue weighted by Crippen LogP contribution is 2.27. The highest BCUT2D eigenvalue weighted by Gasteiger charge is 2.11. The zero-order chi connectivity index (χ0) is 17.8. The van der Waals surface area contributed by atoms with Crippen LogP contribution in [0.3, 0.4) is 0 Å². The first-order valence-corrected chi connectivity index (χ1v) is 7.76. The molecule has 0 aliphatic carbocycles. The molecule has 5 nitrogen and oxygen atoms in total. The van der Waals surface area contributed by atoms with Crippen molar-refractivity contribution in [2.75, 3.05) is 19.7 Å². The number of nitrogens with zero attached hydrogens (tertiary/aromatic N) is 1. The highest BCUT2D eigenvalue weighted by molar-refractivity contribution is 5.80. The standard InChI is InChI=1S/C17H23F2N3O2/c1-4-9-21-17(20-6-3)22-12-13-7-8-14(23-10-5-2)11-15(13)24-16(18)19/h1,7-8,11,16H,5-6,9-10,12H2,2-3H3,(H2,20,21,22). The molecule has 1 rings (SSSR count). The molecular weight excluding hydrogens is 316 g/mol.